The summed E-state index contributed by atoms with van der Waals surface area (Å²) in [5, 5.41) is 21.6. The zero-order valence-corrected chi connectivity index (χ0v) is 22.1. The van der Waals surface area contributed by atoms with Gasteiger partial charge in [0.15, 0.2) is 0 Å². The van der Waals surface area contributed by atoms with Crippen LogP contribution in [-0.2, 0) is 20.4 Å². The number of fused-ring (bicyclic) bond motifs is 2. The van der Waals surface area contributed by atoms with E-state index >= 15 is 0 Å². The third-order valence-electron chi connectivity index (χ3n) is 7.42. The molecule has 3 unspecified atom stereocenters. The molecule has 4 atom stereocenters. The fraction of sp³-hybridized carbons (Fsp3) is 0.667. The third-order valence-corrected chi connectivity index (χ3v) is 10.5. The van der Waals surface area contributed by atoms with Crippen LogP contribution in [0.1, 0.15) is 12.0 Å². The Balaban J connectivity index is 1.45. The van der Waals surface area contributed by atoms with E-state index in [0.29, 0.717) is 13.0 Å². The van der Waals surface area contributed by atoms with Crippen LogP contribution in [0.15, 0.2) is 28.3 Å². The lowest BCUT2D eigenvalue weighted by molar-refractivity contribution is -0.376. The highest BCUT2D eigenvalue weighted by molar-refractivity contribution is 7.91. The van der Waals surface area contributed by atoms with Crippen molar-refractivity contribution in [1.82, 2.24) is 24.2 Å². The maximum Gasteiger partial charge on any atom is 0.430 e. The summed E-state index contributed by atoms with van der Waals surface area (Å²) in [6.45, 7) is 0.510. The van der Waals surface area contributed by atoms with E-state index in [2.05, 4.69) is 15.0 Å². The molecule has 5 heterocycles. The van der Waals surface area contributed by atoms with E-state index < -0.39 is 45.7 Å². The highest BCUT2D eigenvalue weighted by atomic mass is 32.2. The first kappa shape index (κ1) is 29.3. The summed E-state index contributed by atoms with van der Waals surface area (Å²) in [6.07, 6.45) is -10.6. The number of thiazole rings is 1. The van der Waals surface area contributed by atoms with E-state index in [1.165, 1.54) is 20.8 Å². The molecule has 222 valence electrons. The van der Waals surface area contributed by atoms with Gasteiger partial charge in [0, 0.05) is 61.8 Å². The van der Waals surface area contributed by atoms with E-state index in [4.69, 9.17) is 4.74 Å². The van der Waals surface area contributed by atoms with E-state index in [9.17, 15) is 45.0 Å². The van der Waals surface area contributed by atoms with Gasteiger partial charge in [0.25, 0.3) is 15.6 Å². The first-order valence-electron chi connectivity index (χ1n) is 12.0. The molecule has 0 aromatic carbocycles. The number of sulfonamides is 1. The minimum atomic E-state index is -6.09. The molecule has 40 heavy (non-hydrogen) atoms. The van der Waals surface area contributed by atoms with Crippen molar-refractivity contribution in [3.05, 3.63) is 29.5 Å². The number of aliphatic hydroxyl groups is 2. The summed E-state index contributed by atoms with van der Waals surface area (Å²) in [7, 11) is -3.98. The van der Waals surface area contributed by atoms with Crippen LogP contribution in [0.25, 0.3) is 0 Å². The van der Waals surface area contributed by atoms with Crippen molar-refractivity contribution in [3.63, 3.8) is 0 Å². The van der Waals surface area contributed by atoms with Crippen LogP contribution in [0, 0.1) is 0 Å². The van der Waals surface area contributed by atoms with Crippen molar-refractivity contribution in [2.45, 2.75) is 52.9 Å². The van der Waals surface area contributed by atoms with Gasteiger partial charge < -0.3 is 19.8 Å². The molecule has 2 bridgehead atoms. The Kier molecular flexibility index (Phi) is 7.54. The molecule has 0 spiro atoms. The van der Waals surface area contributed by atoms with Crippen molar-refractivity contribution < 1.29 is 49.7 Å². The predicted molar refractivity (Wildman–Crippen MR) is 126 cm³/mol. The molecule has 11 nitrogen and oxygen atoms in total. The van der Waals surface area contributed by atoms with Crippen LogP contribution < -0.4 is 4.90 Å². The van der Waals surface area contributed by atoms with E-state index in [1.807, 2.05) is 4.90 Å². The maximum absolute atomic E-state index is 13.3. The van der Waals surface area contributed by atoms with Gasteiger partial charge in [-0.2, -0.15) is 30.6 Å². The Morgan fingerprint density at radius 3 is 2.30 bits per heavy atom. The molecule has 3 aliphatic heterocycles. The predicted octanol–water partition coefficient (Wildman–Crippen LogP) is 0.959. The summed E-state index contributed by atoms with van der Waals surface area (Å²) < 4.78 is 113. The van der Waals surface area contributed by atoms with Gasteiger partial charge in [-0.3, -0.25) is 4.90 Å². The number of hydrogen-bond acceptors (Lipinski definition) is 11. The molecular formula is C21H24F6N6O5S2. The number of rotatable bonds is 6. The van der Waals surface area contributed by atoms with Crippen molar-refractivity contribution in [2.24, 2.45) is 0 Å². The average molecular weight is 619 g/mol. The topological polar surface area (TPSA) is 132 Å². The summed E-state index contributed by atoms with van der Waals surface area (Å²) in [5.74, 6) is -0.243. The molecule has 3 saturated heterocycles. The lowest BCUT2D eigenvalue weighted by atomic mass is 9.95. The Morgan fingerprint density at radius 1 is 1.05 bits per heavy atom. The number of morpholine rings is 1. The minimum Gasteiger partial charge on any atom is -0.391 e. The molecule has 2 aromatic rings. The van der Waals surface area contributed by atoms with Gasteiger partial charge in [0.1, 0.15) is 0 Å². The highest BCUT2D eigenvalue weighted by Crippen LogP contribution is 2.49. The standard InChI is InChI=1S/C21H24F6N6O5S2/c22-20(23,24)19(35,21(25,26)27)12-6-29-17(30-7-12)32-3-2-31(40(36,37)18-28-1-4-39-18)8-14(32)9-33-13-5-16(34)15(33)11-38-10-13/h1,4,6-7,13-16,34-35H,2-3,5,8-11H2/t13?,14-,15?,16?/m1/s1. The summed E-state index contributed by atoms with van der Waals surface area (Å²) in [6, 6.07) is -1.24. The van der Waals surface area contributed by atoms with Gasteiger partial charge >= 0.3 is 12.4 Å². The number of ether oxygens (including phenoxy) is 1. The molecule has 2 aromatic heterocycles. The number of halogens is 6. The number of alkyl halides is 6. The summed E-state index contributed by atoms with van der Waals surface area (Å²) >= 11 is 0.930. The molecule has 3 fully saturated rings. The second kappa shape index (κ2) is 10.3. The van der Waals surface area contributed by atoms with Gasteiger partial charge in [0.2, 0.25) is 10.3 Å². The smallest absolute Gasteiger partial charge is 0.391 e. The van der Waals surface area contributed by atoms with E-state index in [1.54, 1.807) is 0 Å². The summed E-state index contributed by atoms with van der Waals surface area (Å²) in [4.78, 5) is 14.8. The molecular weight excluding hydrogens is 594 g/mol. The van der Waals surface area contributed by atoms with Crippen LogP contribution in [0.4, 0.5) is 32.3 Å². The Bertz CT molecular complexity index is 1280. The molecule has 3 aliphatic rings. The third kappa shape index (κ3) is 4.94. The van der Waals surface area contributed by atoms with E-state index in [0.717, 1.165) is 11.3 Å². The second-order valence-corrected chi connectivity index (χ2v) is 12.8. The maximum atomic E-state index is 13.3. The minimum absolute atomic E-state index is 0.0420. The molecule has 0 aliphatic carbocycles. The Labute approximate surface area is 228 Å². The van der Waals surface area contributed by atoms with Crippen LogP contribution >= 0.6 is 11.3 Å². The Morgan fingerprint density at radius 2 is 1.73 bits per heavy atom. The first-order chi connectivity index (χ1) is 18.6. The van der Waals surface area contributed by atoms with Gasteiger partial charge in [-0.15, -0.1) is 11.3 Å². The Hall–Kier alpha value is -2.16. The number of aliphatic hydroxyl groups excluding tert-OH is 1. The second-order valence-electron chi connectivity index (χ2n) is 9.74. The number of piperazine rings is 1. The number of aromatic nitrogens is 3. The molecule has 19 heteroatoms. The van der Waals surface area contributed by atoms with Gasteiger partial charge in [-0.05, 0) is 6.42 Å². The average Bonchev–Trinajstić information content (AvgIpc) is 3.48. The monoisotopic (exact) mass is 618 g/mol. The largest absolute Gasteiger partial charge is 0.430 e. The van der Waals surface area contributed by atoms with Crippen molar-refractivity contribution >= 4 is 27.3 Å². The van der Waals surface area contributed by atoms with Crippen LogP contribution in [0.2, 0.25) is 0 Å². The van der Waals surface area contributed by atoms with Gasteiger partial charge in [0.05, 0.1) is 31.4 Å². The van der Waals surface area contributed by atoms with Crippen molar-refractivity contribution in [1.29, 1.82) is 0 Å². The van der Waals surface area contributed by atoms with Crippen LogP contribution in [0.5, 0.6) is 0 Å². The highest BCUT2D eigenvalue weighted by Gasteiger charge is 2.71. The van der Waals surface area contributed by atoms with Crippen molar-refractivity contribution in [3.8, 4) is 0 Å². The first-order valence-corrected chi connectivity index (χ1v) is 14.3. The van der Waals surface area contributed by atoms with Gasteiger partial charge in [-0.25, -0.2) is 23.4 Å². The normalized spacial score (nSPS) is 27.4. The molecule has 0 radical (unpaired) electrons. The van der Waals surface area contributed by atoms with E-state index in [-0.39, 0.29) is 67.6 Å². The zero-order valence-electron chi connectivity index (χ0n) is 20.5. The molecule has 0 amide bonds. The lowest BCUT2D eigenvalue weighted by Gasteiger charge is -2.44. The van der Waals surface area contributed by atoms with Crippen LogP contribution in [-0.4, -0.2) is 119 Å². The molecule has 2 N–H and O–H groups in total. The molecule has 0 saturated carbocycles. The number of anilines is 1. The number of nitrogens with zero attached hydrogens (tertiary/aromatic N) is 6. The van der Waals surface area contributed by atoms with Crippen molar-refractivity contribution in [2.75, 3.05) is 44.3 Å². The SMILES string of the molecule is O=S(=O)(c1nccs1)N1CCN(c2ncc(C(O)(C(F)(F)F)C(F)(F)F)cn2)[C@@H](CN2C3COCC2C(O)C3)C1. The van der Waals surface area contributed by atoms with Gasteiger partial charge in [-0.1, -0.05) is 0 Å². The zero-order chi connectivity index (χ0) is 29.1. The quantitative estimate of drug-likeness (QED) is 0.452. The lowest BCUT2D eigenvalue weighted by Crippen LogP contribution is -2.61. The van der Waals surface area contributed by atoms with Crippen LogP contribution in [0.3, 0.4) is 0 Å². The fourth-order valence-electron chi connectivity index (χ4n) is 5.34. The molecule has 5 rings (SSSR count). The number of hydrogen-bond donors (Lipinski definition) is 2. The summed E-state index contributed by atoms with van der Waals surface area (Å²) in [5.41, 5.74) is -6.78. The fourth-order valence-corrected chi connectivity index (χ4v) is 7.78.